The number of carbonyl (C=O) groups is 4. The Bertz CT molecular complexity index is 1360. The lowest BCUT2D eigenvalue weighted by molar-refractivity contribution is -0.127. The van der Waals surface area contributed by atoms with Crippen molar-refractivity contribution in [1.29, 1.82) is 0 Å². The van der Waals surface area contributed by atoms with E-state index in [4.69, 9.17) is 16.2 Å². The van der Waals surface area contributed by atoms with Gasteiger partial charge >= 0.3 is 0 Å². The van der Waals surface area contributed by atoms with Crippen LogP contribution in [-0.2, 0) is 16.0 Å². The number of nitrogens with zero attached hydrogens (tertiary/aromatic N) is 1. The van der Waals surface area contributed by atoms with Crippen LogP contribution in [0.25, 0.3) is 0 Å². The largest absolute Gasteiger partial charge is 0.491 e. The van der Waals surface area contributed by atoms with Crippen molar-refractivity contribution in [2.45, 2.75) is 57.3 Å². The summed E-state index contributed by atoms with van der Waals surface area (Å²) in [6.45, 7) is 5.60. The number of nitrogens with two attached hydrogens (primary N) is 2. The second-order valence-corrected chi connectivity index (χ2v) is 10.9. The summed E-state index contributed by atoms with van der Waals surface area (Å²) in [5, 5.41) is 8.32. The highest BCUT2D eigenvalue weighted by atomic mass is 16.5. The summed E-state index contributed by atoms with van der Waals surface area (Å²) in [6.07, 6.45) is 1.35. The molecule has 1 aromatic heterocycles. The van der Waals surface area contributed by atoms with Gasteiger partial charge in [-0.25, -0.2) is 0 Å². The molecular weight excluding hydrogens is 536 g/mol. The molecular formula is C31H38N6O5. The van der Waals surface area contributed by atoms with Crippen LogP contribution in [0, 0.1) is 0 Å². The lowest BCUT2D eigenvalue weighted by Gasteiger charge is -2.28. The van der Waals surface area contributed by atoms with Gasteiger partial charge in [-0.05, 0) is 57.0 Å². The van der Waals surface area contributed by atoms with Crippen molar-refractivity contribution in [3.05, 3.63) is 95.8 Å². The molecule has 0 aliphatic carbocycles. The number of benzene rings is 2. The van der Waals surface area contributed by atoms with E-state index in [0.29, 0.717) is 17.7 Å². The molecule has 0 saturated heterocycles. The van der Waals surface area contributed by atoms with Crippen molar-refractivity contribution in [3.8, 4) is 5.75 Å². The molecule has 42 heavy (non-hydrogen) atoms. The van der Waals surface area contributed by atoms with E-state index in [0.717, 1.165) is 5.56 Å². The number of hydrogen-bond acceptors (Lipinski definition) is 7. The second-order valence-electron chi connectivity index (χ2n) is 10.9. The van der Waals surface area contributed by atoms with Crippen molar-refractivity contribution in [2.24, 2.45) is 11.5 Å². The van der Waals surface area contributed by atoms with Crippen molar-refractivity contribution in [3.63, 3.8) is 0 Å². The molecule has 3 rings (SSSR count). The van der Waals surface area contributed by atoms with E-state index in [9.17, 15) is 19.2 Å². The molecule has 3 atom stereocenters. The normalized spacial score (nSPS) is 13.2. The average molecular weight is 575 g/mol. The molecule has 1 heterocycles. The van der Waals surface area contributed by atoms with Crippen molar-refractivity contribution in [2.75, 3.05) is 6.61 Å². The maximum Gasteiger partial charge on any atom is 0.270 e. The van der Waals surface area contributed by atoms with Gasteiger partial charge in [0.05, 0.1) is 24.1 Å². The molecule has 3 aromatic rings. The zero-order valence-corrected chi connectivity index (χ0v) is 24.0. The molecule has 2 aromatic carbocycles. The first-order valence-corrected chi connectivity index (χ1v) is 13.6. The van der Waals surface area contributed by atoms with E-state index < -0.39 is 47.8 Å². The van der Waals surface area contributed by atoms with Crippen LogP contribution >= 0.6 is 0 Å². The minimum atomic E-state index is -1.26. The fourth-order valence-electron chi connectivity index (χ4n) is 4.09. The molecule has 0 spiro atoms. The van der Waals surface area contributed by atoms with Gasteiger partial charge in [0.1, 0.15) is 24.1 Å². The van der Waals surface area contributed by atoms with E-state index in [1.54, 1.807) is 36.4 Å². The number of primary amides is 1. The van der Waals surface area contributed by atoms with Crippen LogP contribution in [0.5, 0.6) is 5.75 Å². The first-order chi connectivity index (χ1) is 19.9. The van der Waals surface area contributed by atoms with Gasteiger partial charge in [0.2, 0.25) is 11.8 Å². The molecule has 0 radical (unpaired) electrons. The summed E-state index contributed by atoms with van der Waals surface area (Å²) in [5.74, 6) is -1.99. The summed E-state index contributed by atoms with van der Waals surface area (Å²) in [7, 11) is 0. The maximum atomic E-state index is 13.4. The van der Waals surface area contributed by atoms with Gasteiger partial charge in [0.25, 0.3) is 11.8 Å². The van der Waals surface area contributed by atoms with E-state index in [1.165, 1.54) is 12.3 Å². The lowest BCUT2D eigenvalue weighted by Crippen LogP contribution is -2.57. The monoisotopic (exact) mass is 574 g/mol. The standard InChI is InChI=1S/C31H38N6O5/c1-31(2,3)37-28(39)21-13-7-8-15-26(21)42-19-22(32)24(17-20-11-5-4-6-12-20)35-30(41)25(18-27(33)38)36-29(40)23-14-9-10-16-34-23/h4-16,22,24-25H,17-19,32H2,1-3H3,(H2,33,38)(H,35,41)(H,36,40)(H,37,39)/t22-,24+,25+/m1/s1. The van der Waals surface area contributed by atoms with Gasteiger partial charge < -0.3 is 32.2 Å². The molecule has 11 nitrogen and oxygen atoms in total. The zero-order chi connectivity index (χ0) is 30.7. The smallest absolute Gasteiger partial charge is 0.270 e. The van der Waals surface area contributed by atoms with E-state index >= 15 is 0 Å². The van der Waals surface area contributed by atoms with Gasteiger partial charge in [-0.1, -0.05) is 48.5 Å². The Morgan fingerprint density at radius 3 is 2.19 bits per heavy atom. The number of ether oxygens (including phenoxy) is 1. The SMILES string of the molecule is CC(C)(C)NC(=O)c1ccccc1OC[C@@H](N)[C@H](Cc1ccccc1)NC(=O)[C@H](CC(N)=O)NC(=O)c1ccccn1. The number of hydrogen-bond donors (Lipinski definition) is 5. The highest BCUT2D eigenvalue weighted by Gasteiger charge is 2.29. The molecule has 0 aliphatic rings. The number of carbonyl (C=O) groups excluding carboxylic acids is 4. The average Bonchev–Trinajstić information content (AvgIpc) is 2.95. The van der Waals surface area contributed by atoms with E-state index in [-0.39, 0.29) is 18.2 Å². The number of aromatic nitrogens is 1. The molecule has 0 unspecified atom stereocenters. The third-order valence-corrected chi connectivity index (χ3v) is 6.12. The van der Waals surface area contributed by atoms with E-state index in [2.05, 4.69) is 20.9 Å². The molecule has 0 fully saturated rings. The van der Waals surface area contributed by atoms with Gasteiger partial charge in [0, 0.05) is 11.7 Å². The Hall–Kier alpha value is -4.77. The summed E-state index contributed by atoms with van der Waals surface area (Å²) in [4.78, 5) is 54.7. The third kappa shape index (κ3) is 10.0. The predicted molar refractivity (Wildman–Crippen MR) is 159 cm³/mol. The lowest BCUT2D eigenvalue weighted by atomic mass is 9.99. The van der Waals surface area contributed by atoms with Gasteiger partial charge in [-0.3, -0.25) is 24.2 Å². The van der Waals surface area contributed by atoms with Crippen LogP contribution in [-0.4, -0.2) is 58.9 Å². The van der Waals surface area contributed by atoms with Crippen LogP contribution in [0.4, 0.5) is 0 Å². The predicted octanol–water partition coefficient (Wildman–Crippen LogP) is 1.72. The summed E-state index contributed by atoms with van der Waals surface area (Å²) < 4.78 is 5.99. The molecule has 7 N–H and O–H groups in total. The maximum absolute atomic E-state index is 13.4. The number of nitrogens with one attached hydrogen (secondary N) is 3. The number of pyridine rings is 1. The highest BCUT2D eigenvalue weighted by Crippen LogP contribution is 2.19. The number of rotatable bonds is 13. The van der Waals surface area contributed by atoms with E-state index in [1.807, 2.05) is 51.1 Å². The topological polar surface area (TPSA) is 179 Å². The first kappa shape index (κ1) is 31.8. The van der Waals surface area contributed by atoms with Crippen LogP contribution in [0.1, 0.15) is 53.6 Å². The molecule has 0 aliphatic heterocycles. The van der Waals surface area contributed by atoms with Crippen LogP contribution in [0.15, 0.2) is 79.0 Å². The van der Waals surface area contributed by atoms with Crippen molar-refractivity contribution >= 4 is 23.6 Å². The fourth-order valence-corrected chi connectivity index (χ4v) is 4.09. The van der Waals surface area contributed by atoms with Gasteiger partial charge in [-0.2, -0.15) is 0 Å². The highest BCUT2D eigenvalue weighted by molar-refractivity contribution is 5.98. The molecule has 11 heteroatoms. The Balaban J connectivity index is 1.78. The van der Waals surface area contributed by atoms with Crippen LogP contribution in [0.2, 0.25) is 0 Å². The van der Waals surface area contributed by atoms with Crippen molar-refractivity contribution < 1.29 is 23.9 Å². The molecule has 222 valence electrons. The van der Waals surface area contributed by atoms with Crippen LogP contribution < -0.4 is 32.2 Å². The molecule has 0 bridgehead atoms. The van der Waals surface area contributed by atoms with Crippen LogP contribution in [0.3, 0.4) is 0 Å². The second kappa shape index (κ2) is 14.7. The minimum absolute atomic E-state index is 0.0433. The summed E-state index contributed by atoms with van der Waals surface area (Å²) >= 11 is 0. The fraction of sp³-hybridized carbons (Fsp3) is 0.323. The zero-order valence-electron chi connectivity index (χ0n) is 24.0. The summed E-state index contributed by atoms with van der Waals surface area (Å²) in [5.41, 5.74) is 12.8. The molecule has 4 amide bonds. The number of para-hydroxylation sites is 1. The van der Waals surface area contributed by atoms with Crippen molar-refractivity contribution in [1.82, 2.24) is 20.9 Å². The quantitative estimate of drug-likeness (QED) is 0.206. The Labute approximate surface area is 245 Å². The molecule has 0 saturated carbocycles. The van der Waals surface area contributed by atoms with Gasteiger partial charge in [0.15, 0.2) is 0 Å². The minimum Gasteiger partial charge on any atom is -0.491 e. The third-order valence-electron chi connectivity index (χ3n) is 6.12. The summed E-state index contributed by atoms with van der Waals surface area (Å²) in [6, 6.07) is 18.3. The Morgan fingerprint density at radius 2 is 1.55 bits per heavy atom. The first-order valence-electron chi connectivity index (χ1n) is 13.6. The Kier molecular flexibility index (Phi) is 11.1. The van der Waals surface area contributed by atoms with Gasteiger partial charge in [-0.15, -0.1) is 0 Å². The Morgan fingerprint density at radius 1 is 0.881 bits per heavy atom. The number of amides is 4.